The molecule has 0 aliphatic carbocycles. The van der Waals surface area contributed by atoms with Crippen LogP contribution in [0.15, 0.2) is 24.3 Å². The highest BCUT2D eigenvalue weighted by molar-refractivity contribution is 5.96. The van der Waals surface area contributed by atoms with Crippen molar-refractivity contribution in [2.75, 3.05) is 19.7 Å². The van der Waals surface area contributed by atoms with Crippen LogP contribution in [0.3, 0.4) is 0 Å². The molecule has 110 valence electrons. The van der Waals surface area contributed by atoms with Gasteiger partial charge in [-0.2, -0.15) is 0 Å². The molecule has 0 saturated carbocycles. The van der Waals surface area contributed by atoms with Gasteiger partial charge in [0.2, 0.25) is 0 Å². The Hall–Kier alpha value is -2.04. The van der Waals surface area contributed by atoms with Gasteiger partial charge in [-0.15, -0.1) is 0 Å². The van der Waals surface area contributed by atoms with E-state index in [9.17, 15) is 9.59 Å². The lowest BCUT2D eigenvalue weighted by molar-refractivity contribution is -0.137. The number of carboxylic acids is 1. The van der Waals surface area contributed by atoms with E-state index in [4.69, 9.17) is 9.84 Å². The zero-order valence-corrected chi connectivity index (χ0v) is 12.1. The molecule has 1 rings (SSSR count). The number of hydrogen-bond donors (Lipinski definition) is 1. The first-order chi connectivity index (χ1) is 9.43. The Morgan fingerprint density at radius 1 is 1.35 bits per heavy atom. The van der Waals surface area contributed by atoms with Gasteiger partial charge in [0, 0.05) is 12.1 Å². The molecule has 0 heterocycles. The predicted octanol–water partition coefficient (Wildman–Crippen LogP) is 2.27. The molecule has 0 fully saturated rings. The molecule has 0 bridgehead atoms. The summed E-state index contributed by atoms with van der Waals surface area (Å²) in [6, 6.07) is 6.83. The third-order valence-corrected chi connectivity index (χ3v) is 2.66. The molecule has 0 aliphatic rings. The first-order valence-electron chi connectivity index (χ1n) is 6.68. The second-order valence-electron chi connectivity index (χ2n) is 4.95. The number of aliphatic carboxylic acids is 1. The highest BCUT2D eigenvalue weighted by Crippen LogP contribution is 2.16. The van der Waals surface area contributed by atoms with Crippen LogP contribution in [-0.4, -0.2) is 41.6 Å². The van der Waals surface area contributed by atoms with Crippen LogP contribution in [0.4, 0.5) is 0 Å². The molecule has 0 saturated heterocycles. The fourth-order valence-electron chi connectivity index (χ4n) is 1.65. The van der Waals surface area contributed by atoms with Crippen LogP contribution in [0.1, 0.15) is 31.1 Å². The number of hydrogen-bond acceptors (Lipinski definition) is 3. The van der Waals surface area contributed by atoms with Crippen LogP contribution in [0, 0.1) is 5.92 Å². The molecule has 1 N–H and O–H groups in total. The number of benzene rings is 1. The van der Waals surface area contributed by atoms with Gasteiger partial charge in [0.15, 0.2) is 0 Å². The van der Waals surface area contributed by atoms with E-state index in [2.05, 4.69) is 0 Å². The quantitative estimate of drug-likeness (QED) is 0.831. The number of likely N-dealkylation sites (N-methyl/N-ethyl adjacent to an activating group) is 1. The molecule has 0 aromatic heterocycles. The zero-order valence-electron chi connectivity index (χ0n) is 12.1. The number of amides is 1. The van der Waals surface area contributed by atoms with E-state index in [0.29, 0.717) is 30.4 Å². The van der Waals surface area contributed by atoms with Crippen molar-refractivity contribution < 1.29 is 19.4 Å². The maximum absolute atomic E-state index is 12.2. The lowest BCUT2D eigenvalue weighted by Crippen LogP contribution is -2.35. The number of carboxylic acid groups (broad SMARTS) is 1. The van der Waals surface area contributed by atoms with Crippen molar-refractivity contribution in [3.8, 4) is 5.75 Å². The molecule has 0 aliphatic heterocycles. The van der Waals surface area contributed by atoms with Gasteiger partial charge in [0.1, 0.15) is 12.3 Å². The van der Waals surface area contributed by atoms with E-state index < -0.39 is 5.97 Å². The molecule has 0 spiro atoms. The van der Waals surface area contributed by atoms with E-state index in [-0.39, 0.29) is 12.5 Å². The second-order valence-corrected chi connectivity index (χ2v) is 4.95. The Labute approximate surface area is 119 Å². The van der Waals surface area contributed by atoms with E-state index >= 15 is 0 Å². The Bertz CT molecular complexity index is 471. The summed E-state index contributed by atoms with van der Waals surface area (Å²) < 4.78 is 5.57. The minimum Gasteiger partial charge on any atom is -0.493 e. The molecular weight excluding hydrogens is 258 g/mol. The van der Waals surface area contributed by atoms with Crippen molar-refractivity contribution in [1.29, 1.82) is 0 Å². The monoisotopic (exact) mass is 279 g/mol. The van der Waals surface area contributed by atoms with Gasteiger partial charge < -0.3 is 14.7 Å². The van der Waals surface area contributed by atoms with Crippen molar-refractivity contribution in [1.82, 2.24) is 4.90 Å². The SMILES string of the molecule is CCN(CC(=O)O)C(=O)c1cccc(OCC(C)C)c1. The molecule has 5 nitrogen and oxygen atoms in total. The number of nitrogens with zero attached hydrogens (tertiary/aromatic N) is 1. The first-order valence-corrected chi connectivity index (χ1v) is 6.68. The zero-order chi connectivity index (χ0) is 15.1. The summed E-state index contributed by atoms with van der Waals surface area (Å²) in [5, 5.41) is 8.79. The molecule has 0 radical (unpaired) electrons. The van der Waals surface area contributed by atoms with Crippen LogP contribution >= 0.6 is 0 Å². The summed E-state index contributed by atoms with van der Waals surface area (Å²) in [5.74, 6) is -0.304. The molecule has 5 heteroatoms. The molecule has 20 heavy (non-hydrogen) atoms. The van der Waals surface area contributed by atoms with Crippen molar-refractivity contribution in [2.45, 2.75) is 20.8 Å². The Kier molecular flexibility index (Phi) is 6.03. The molecule has 1 amide bonds. The fourth-order valence-corrected chi connectivity index (χ4v) is 1.65. The Morgan fingerprint density at radius 3 is 2.60 bits per heavy atom. The van der Waals surface area contributed by atoms with Crippen LogP contribution in [0.5, 0.6) is 5.75 Å². The van der Waals surface area contributed by atoms with Gasteiger partial charge in [-0.05, 0) is 31.0 Å². The number of carbonyl (C=O) groups is 2. The molecular formula is C15H21NO4. The van der Waals surface area contributed by atoms with Gasteiger partial charge in [-0.1, -0.05) is 19.9 Å². The van der Waals surface area contributed by atoms with Crippen LogP contribution < -0.4 is 4.74 Å². The van der Waals surface area contributed by atoms with Crippen LogP contribution in [-0.2, 0) is 4.79 Å². The lowest BCUT2D eigenvalue weighted by atomic mass is 10.2. The maximum atomic E-state index is 12.2. The van der Waals surface area contributed by atoms with Gasteiger partial charge >= 0.3 is 5.97 Å². The van der Waals surface area contributed by atoms with E-state index in [1.54, 1.807) is 31.2 Å². The van der Waals surface area contributed by atoms with E-state index in [1.165, 1.54) is 4.90 Å². The third kappa shape index (κ3) is 4.91. The van der Waals surface area contributed by atoms with Gasteiger partial charge in [-0.25, -0.2) is 0 Å². The normalized spacial score (nSPS) is 10.4. The number of ether oxygens (including phenoxy) is 1. The molecule has 1 aromatic carbocycles. The maximum Gasteiger partial charge on any atom is 0.323 e. The topological polar surface area (TPSA) is 66.8 Å². The number of rotatable bonds is 7. The summed E-state index contributed by atoms with van der Waals surface area (Å²) in [5.41, 5.74) is 0.439. The summed E-state index contributed by atoms with van der Waals surface area (Å²) in [6.07, 6.45) is 0. The van der Waals surface area contributed by atoms with Gasteiger partial charge in [-0.3, -0.25) is 9.59 Å². The smallest absolute Gasteiger partial charge is 0.323 e. The van der Waals surface area contributed by atoms with Gasteiger partial charge in [0.25, 0.3) is 5.91 Å². The summed E-state index contributed by atoms with van der Waals surface area (Å²) in [4.78, 5) is 24.2. The van der Waals surface area contributed by atoms with E-state index in [1.807, 2.05) is 13.8 Å². The van der Waals surface area contributed by atoms with Crippen LogP contribution in [0.2, 0.25) is 0 Å². The van der Waals surface area contributed by atoms with Crippen LogP contribution in [0.25, 0.3) is 0 Å². The average Bonchev–Trinajstić information content (AvgIpc) is 2.42. The molecule has 1 aromatic rings. The minimum atomic E-state index is -1.02. The third-order valence-electron chi connectivity index (χ3n) is 2.66. The summed E-state index contributed by atoms with van der Waals surface area (Å²) in [7, 11) is 0. The lowest BCUT2D eigenvalue weighted by Gasteiger charge is -2.19. The average molecular weight is 279 g/mol. The second kappa shape index (κ2) is 7.53. The van der Waals surface area contributed by atoms with Crippen molar-refractivity contribution in [3.05, 3.63) is 29.8 Å². The summed E-state index contributed by atoms with van der Waals surface area (Å²) >= 11 is 0. The highest BCUT2D eigenvalue weighted by Gasteiger charge is 2.17. The first kappa shape index (κ1) is 16.0. The van der Waals surface area contributed by atoms with Crippen molar-refractivity contribution >= 4 is 11.9 Å². The highest BCUT2D eigenvalue weighted by atomic mass is 16.5. The Balaban J connectivity index is 2.81. The predicted molar refractivity (Wildman–Crippen MR) is 76.0 cm³/mol. The molecule has 0 unspecified atom stereocenters. The number of carbonyl (C=O) groups excluding carboxylic acids is 1. The van der Waals surface area contributed by atoms with Gasteiger partial charge in [0.05, 0.1) is 6.61 Å². The fraction of sp³-hybridized carbons (Fsp3) is 0.467. The largest absolute Gasteiger partial charge is 0.493 e. The minimum absolute atomic E-state index is 0.299. The summed E-state index contributed by atoms with van der Waals surface area (Å²) in [6.45, 7) is 6.46. The van der Waals surface area contributed by atoms with Crippen molar-refractivity contribution in [2.24, 2.45) is 5.92 Å². The molecule has 0 atom stereocenters. The standard InChI is InChI=1S/C15H21NO4/c1-4-16(9-14(17)18)15(19)12-6-5-7-13(8-12)20-10-11(2)3/h5-8,11H,4,9-10H2,1-3H3,(H,17,18). The Morgan fingerprint density at radius 2 is 2.05 bits per heavy atom. The van der Waals surface area contributed by atoms with E-state index in [0.717, 1.165) is 0 Å². The van der Waals surface area contributed by atoms with Crippen molar-refractivity contribution in [3.63, 3.8) is 0 Å².